The molecule has 0 spiro atoms. The van der Waals surface area contributed by atoms with Crippen molar-refractivity contribution in [2.45, 2.75) is 37.1 Å². The Balaban J connectivity index is 1.38. The van der Waals surface area contributed by atoms with Gasteiger partial charge in [-0.25, -0.2) is 8.42 Å². The summed E-state index contributed by atoms with van der Waals surface area (Å²) < 4.78 is 27.7. The smallest absolute Gasteiger partial charge is 0.243 e. The molecule has 0 bridgehead atoms. The van der Waals surface area contributed by atoms with E-state index in [1.807, 2.05) is 36.1 Å². The number of rotatable bonds is 5. The number of nitrogens with zero attached hydrogens (tertiary/aromatic N) is 2. The van der Waals surface area contributed by atoms with Gasteiger partial charge in [-0.05, 0) is 61.6 Å². The fourth-order valence-electron chi connectivity index (χ4n) is 4.15. The monoisotopic (exact) mass is 447 g/mol. The lowest BCUT2D eigenvalue weighted by Crippen LogP contribution is -2.53. The Hall–Kier alpha value is -1.93. The zero-order valence-corrected chi connectivity index (χ0v) is 18.5. The molecule has 0 saturated carbocycles. The van der Waals surface area contributed by atoms with Crippen LogP contribution < -0.4 is 5.32 Å². The first kappa shape index (κ1) is 21.3. The van der Waals surface area contributed by atoms with Gasteiger partial charge in [0.1, 0.15) is 0 Å². The van der Waals surface area contributed by atoms with Crippen LogP contribution in [-0.4, -0.2) is 55.8 Å². The summed E-state index contributed by atoms with van der Waals surface area (Å²) in [6.07, 6.45) is 3.07. The van der Waals surface area contributed by atoms with Crippen LogP contribution in [0.1, 0.15) is 24.5 Å². The molecule has 1 heterocycles. The van der Waals surface area contributed by atoms with Crippen molar-refractivity contribution in [3.8, 4) is 0 Å². The molecule has 1 N–H and O–H groups in total. The fourth-order valence-corrected chi connectivity index (χ4v) is 5.81. The van der Waals surface area contributed by atoms with Gasteiger partial charge < -0.3 is 5.32 Å². The first-order valence-electron chi connectivity index (χ1n) is 10.3. The summed E-state index contributed by atoms with van der Waals surface area (Å²) in [4.78, 5) is 15.0. The third-order valence-corrected chi connectivity index (χ3v) is 8.26. The first-order valence-corrected chi connectivity index (χ1v) is 12.1. The molecule has 1 fully saturated rings. The molecule has 4 rings (SSSR count). The molecular weight excluding hydrogens is 422 g/mol. The van der Waals surface area contributed by atoms with Crippen LogP contribution in [0.5, 0.6) is 0 Å². The van der Waals surface area contributed by atoms with Crippen LogP contribution in [-0.2, 0) is 27.7 Å². The molecule has 0 aromatic heterocycles. The molecule has 30 heavy (non-hydrogen) atoms. The molecule has 0 radical (unpaired) electrons. The second-order valence-corrected chi connectivity index (χ2v) is 10.2. The van der Waals surface area contributed by atoms with Gasteiger partial charge in [-0.1, -0.05) is 29.8 Å². The third-order valence-electron chi connectivity index (χ3n) is 6.04. The maximum absolute atomic E-state index is 13.1. The number of benzene rings is 2. The van der Waals surface area contributed by atoms with Crippen LogP contribution in [0.4, 0.5) is 5.69 Å². The molecule has 1 amide bonds. The quantitative estimate of drug-likeness (QED) is 0.764. The van der Waals surface area contributed by atoms with Crippen molar-refractivity contribution >= 4 is 33.2 Å². The number of sulfonamides is 1. The van der Waals surface area contributed by atoms with Gasteiger partial charge in [0.15, 0.2) is 0 Å². The summed E-state index contributed by atoms with van der Waals surface area (Å²) in [6, 6.07) is 12.2. The topological polar surface area (TPSA) is 69.7 Å². The molecule has 1 aliphatic carbocycles. The number of carbonyl (C=O) groups excluding carboxylic acids is 1. The average Bonchev–Trinajstić information content (AvgIpc) is 3.23. The number of hydrogen-bond donors (Lipinski definition) is 1. The molecular formula is C22H26ClN3O3S. The van der Waals surface area contributed by atoms with Crippen molar-refractivity contribution < 1.29 is 13.2 Å². The fraction of sp³-hybridized carbons (Fsp3) is 0.409. The molecule has 8 heteroatoms. The summed E-state index contributed by atoms with van der Waals surface area (Å²) in [5, 5.41) is 3.34. The average molecular weight is 448 g/mol. The molecule has 1 atom stereocenters. The molecule has 1 aliphatic heterocycles. The number of piperazine rings is 1. The molecule has 0 unspecified atom stereocenters. The highest BCUT2D eigenvalue weighted by atomic mass is 35.5. The molecule has 160 valence electrons. The number of anilines is 1. The normalized spacial score (nSPS) is 18.7. The number of carbonyl (C=O) groups is 1. The van der Waals surface area contributed by atoms with E-state index >= 15 is 0 Å². The number of amides is 1. The molecule has 1 saturated heterocycles. The van der Waals surface area contributed by atoms with Gasteiger partial charge in [-0.2, -0.15) is 4.31 Å². The van der Waals surface area contributed by atoms with E-state index in [2.05, 4.69) is 5.32 Å². The molecule has 2 aromatic carbocycles. The SMILES string of the molecule is C[C@@H](C(=O)Nc1ccccc1Cl)N1CCN(S(=O)(=O)c2ccc3c(c2)CCC3)CC1. The molecule has 2 aliphatic rings. The summed E-state index contributed by atoms with van der Waals surface area (Å²) in [5.41, 5.74) is 2.99. The molecule has 2 aromatic rings. The van der Waals surface area contributed by atoms with Gasteiger partial charge >= 0.3 is 0 Å². The predicted octanol–water partition coefficient (Wildman–Crippen LogP) is 3.16. The Morgan fingerprint density at radius 3 is 2.47 bits per heavy atom. The number of halogens is 1. The van der Waals surface area contributed by atoms with E-state index in [4.69, 9.17) is 11.6 Å². The number of fused-ring (bicyclic) bond motifs is 1. The minimum Gasteiger partial charge on any atom is -0.323 e. The van der Waals surface area contributed by atoms with E-state index in [1.54, 1.807) is 18.2 Å². The van der Waals surface area contributed by atoms with E-state index in [-0.39, 0.29) is 11.9 Å². The first-order chi connectivity index (χ1) is 14.4. The molecule has 6 nitrogen and oxygen atoms in total. The maximum atomic E-state index is 13.1. The number of nitrogens with one attached hydrogen (secondary N) is 1. The van der Waals surface area contributed by atoms with Crippen molar-refractivity contribution in [2.24, 2.45) is 0 Å². The summed E-state index contributed by atoms with van der Waals surface area (Å²) in [5.74, 6) is -0.155. The van der Waals surface area contributed by atoms with Crippen molar-refractivity contribution in [1.29, 1.82) is 0 Å². The lowest BCUT2D eigenvalue weighted by Gasteiger charge is -2.36. The highest BCUT2D eigenvalue weighted by Gasteiger charge is 2.32. The van der Waals surface area contributed by atoms with Crippen molar-refractivity contribution in [3.63, 3.8) is 0 Å². The van der Waals surface area contributed by atoms with Gasteiger partial charge in [0.05, 0.1) is 21.6 Å². The number of aryl methyl sites for hydroxylation is 2. The van der Waals surface area contributed by atoms with Gasteiger partial charge in [0.25, 0.3) is 0 Å². The van der Waals surface area contributed by atoms with Crippen LogP contribution in [0.3, 0.4) is 0 Å². The van der Waals surface area contributed by atoms with Crippen molar-refractivity contribution in [3.05, 3.63) is 58.6 Å². The number of hydrogen-bond acceptors (Lipinski definition) is 4. The highest BCUT2D eigenvalue weighted by molar-refractivity contribution is 7.89. The van der Waals surface area contributed by atoms with E-state index in [1.165, 1.54) is 9.87 Å². The van der Waals surface area contributed by atoms with Crippen molar-refractivity contribution in [2.75, 3.05) is 31.5 Å². The van der Waals surface area contributed by atoms with Crippen LogP contribution in [0, 0.1) is 0 Å². The maximum Gasteiger partial charge on any atom is 0.243 e. The third kappa shape index (κ3) is 4.25. The highest BCUT2D eigenvalue weighted by Crippen LogP contribution is 2.27. The summed E-state index contributed by atoms with van der Waals surface area (Å²) in [6.45, 7) is 3.56. The van der Waals surface area contributed by atoms with E-state index < -0.39 is 10.0 Å². The van der Waals surface area contributed by atoms with Crippen LogP contribution in [0.25, 0.3) is 0 Å². The van der Waals surface area contributed by atoms with Crippen LogP contribution in [0.2, 0.25) is 5.02 Å². The zero-order chi connectivity index (χ0) is 21.3. The van der Waals surface area contributed by atoms with Gasteiger partial charge in [0.2, 0.25) is 15.9 Å². The van der Waals surface area contributed by atoms with Crippen LogP contribution >= 0.6 is 11.6 Å². The Kier molecular flexibility index (Phi) is 6.16. The van der Waals surface area contributed by atoms with Crippen molar-refractivity contribution in [1.82, 2.24) is 9.21 Å². The van der Waals surface area contributed by atoms with Gasteiger partial charge in [-0.3, -0.25) is 9.69 Å². The van der Waals surface area contributed by atoms with Gasteiger partial charge in [-0.15, -0.1) is 0 Å². The number of para-hydroxylation sites is 1. The summed E-state index contributed by atoms with van der Waals surface area (Å²) in [7, 11) is -3.52. The Morgan fingerprint density at radius 2 is 1.73 bits per heavy atom. The van der Waals surface area contributed by atoms with E-state index in [0.29, 0.717) is 41.8 Å². The standard InChI is InChI=1S/C22H26ClN3O3S/c1-16(22(27)24-21-8-3-2-7-20(21)23)25-11-13-26(14-12-25)30(28,29)19-10-9-17-5-4-6-18(17)15-19/h2-3,7-10,15-16H,4-6,11-14H2,1H3,(H,24,27)/t16-/m0/s1. The van der Waals surface area contributed by atoms with E-state index in [0.717, 1.165) is 24.8 Å². The Bertz CT molecular complexity index is 1050. The predicted molar refractivity (Wildman–Crippen MR) is 118 cm³/mol. The second-order valence-electron chi connectivity index (χ2n) is 7.87. The largest absolute Gasteiger partial charge is 0.323 e. The minimum atomic E-state index is -3.52. The minimum absolute atomic E-state index is 0.155. The lowest BCUT2D eigenvalue weighted by atomic mass is 10.1. The van der Waals surface area contributed by atoms with Gasteiger partial charge in [0, 0.05) is 26.2 Å². The zero-order valence-electron chi connectivity index (χ0n) is 17.0. The van der Waals surface area contributed by atoms with E-state index in [9.17, 15) is 13.2 Å². The lowest BCUT2D eigenvalue weighted by molar-refractivity contribution is -0.121. The summed E-state index contributed by atoms with van der Waals surface area (Å²) >= 11 is 6.12. The van der Waals surface area contributed by atoms with Crippen LogP contribution in [0.15, 0.2) is 47.4 Å². The Labute approximate surface area is 182 Å². The second kappa shape index (κ2) is 8.67. The Morgan fingerprint density at radius 1 is 1.03 bits per heavy atom.